The molecule has 0 aromatic rings. The first kappa shape index (κ1) is 84.1. The van der Waals surface area contributed by atoms with E-state index in [0.717, 1.165) is 102 Å². The molecule has 0 saturated heterocycles. The van der Waals surface area contributed by atoms with E-state index in [4.69, 9.17) is 37.0 Å². The quantitative estimate of drug-likeness (QED) is 0.0222. The molecule has 86 heavy (non-hydrogen) atoms. The van der Waals surface area contributed by atoms with Crippen LogP contribution in [-0.4, -0.2) is 96.7 Å². The normalized spacial score (nSPS) is 14.2. The molecule has 2 unspecified atom stereocenters. The Hall–Kier alpha value is -1.94. The fourth-order valence-electron chi connectivity index (χ4n) is 10.1. The lowest BCUT2D eigenvalue weighted by Gasteiger charge is -2.21. The van der Waals surface area contributed by atoms with Crippen molar-refractivity contribution < 1.29 is 80.2 Å². The van der Waals surface area contributed by atoms with Crippen molar-refractivity contribution in [3.63, 3.8) is 0 Å². The van der Waals surface area contributed by atoms with E-state index in [-0.39, 0.29) is 25.7 Å². The molecule has 5 atom stereocenters. The molecule has 0 aromatic heterocycles. The van der Waals surface area contributed by atoms with E-state index in [0.29, 0.717) is 25.7 Å². The van der Waals surface area contributed by atoms with Crippen LogP contribution in [0.4, 0.5) is 0 Å². The molecule has 0 saturated carbocycles. The second kappa shape index (κ2) is 59.4. The summed E-state index contributed by atoms with van der Waals surface area (Å²) in [6.07, 6.45) is 42.9. The maximum Gasteiger partial charge on any atom is 0.472 e. The van der Waals surface area contributed by atoms with E-state index < -0.39 is 97.5 Å². The van der Waals surface area contributed by atoms with Crippen LogP contribution in [0.3, 0.4) is 0 Å². The molecule has 19 heteroatoms. The summed E-state index contributed by atoms with van der Waals surface area (Å²) in [5.74, 6) is -0.618. The van der Waals surface area contributed by atoms with Gasteiger partial charge in [-0.3, -0.25) is 37.3 Å². The standard InChI is InChI=1S/C67H130O17P2/c1-7-9-11-13-15-17-18-27-33-39-45-51-66(71)83-62(55-77-64(69)49-43-37-31-23-16-14-12-10-8-2)57-81-85(73,74)79-53-61(68)54-80-86(75,76)82-58-63(84-67(72)52-46-40-34-28-22-20-25-30-36-42-48-60(5)6)56-78-65(70)50-44-38-32-26-21-19-24-29-35-41-47-59(3)4/h59-63,68H,7-58H2,1-6H3,(H,73,74)(H,75,76)/t61-,62+,63+/m0/s1. The summed E-state index contributed by atoms with van der Waals surface area (Å²) in [6.45, 7) is 9.49. The molecule has 3 N–H and O–H groups in total. The highest BCUT2D eigenvalue weighted by Gasteiger charge is 2.30. The van der Waals surface area contributed by atoms with Gasteiger partial charge in [-0.15, -0.1) is 0 Å². The largest absolute Gasteiger partial charge is 0.472 e. The number of unbranched alkanes of at least 4 members (excludes halogenated alkanes) is 36. The van der Waals surface area contributed by atoms with Crippen molar-refractivity contribution in [2.45, 2.75) is 355 Å². The van der Waals surface area contributed by atoms with Gasteiger partial charge in [-0.25, -0.2) is 9.13 Å². The first-order valence-corrected chi connectivity index (χ1v) is 38.0. The van der Waals surface area contributed by atoms with Crippen LogP contribution >= 0.6 is 15.6 Å². The minimum absolute atomic E-state index is 0.106. The van der Waals surface area contributed by atoms with Gasteiger partial charge >= 0.3 is 39.5 Å². The minimum Gasteiger partial charge on any atom is -0.462 e. The van der Waals surface area contributed by atoms with Gasteiger partial charge in [0, 0.05) is 25.7 Å². The van der Waals surface area contributed by atoms with E-state index >= 15 is 0 Å². The van der Waals surface area contributed by atoms with Crippen molar-refractivity contribution in [3.05, 3.63) is 0 Å². The molecule has 0 aliphatic heterocycles. The van der Waals surface area contributed by atoms with Gasteiger partial charge in [0.15, 0.2) is 12.2 Å². The van der Waals surface area contributed by atoms with Crippen molar-refractivity contribution in [1.29, 1.82) is 0 Å². The molecule has 0 spiro atoms. The second-order valence-corrected chi connectivity index (χ2v) is 28.1. The maximum absolute atomic E-state index is 13.0. The van der Waals surface area contributed by atoms with Gasteiger partial charge < -0.3 is 33.8 Å². The van der Waals surface area contributed by atoms with Crippen LogP contribution in [0.1, 0.15) is 337 Å². The van der Waals surface area contributed by atoms with Crippen molar-refractivity contribution in [2.24, 2.45) is 11.8 Å². The molecule has 0 aliphatic rings. The molecule has 0 amide bonds. The zero-order valence-electron chi connectivity index (χ0n) is 55.6. The van der Waals surface area contributed by atoms with Crippen molar-refractivity contribution in [3.8, 4) is 0 Å². The number of carbonyl (C=O) groups excluding carboxylic acids is 4. The Morgan fingerprint density at radius 2 is 0.535 bits per heavy atom. The smallest absolute Gasteiger partial charge is 0.462 e. The van der Waals surface area contributed by atoms with Gasteiger partial charge in [-0.05, 0) is 37.5 Å². The Labute approximate surface area is 524 Å². The molecule has 0 radical (unpaired) electrons. The third-order valence-corrected chi connectivity index (χ3v) is 17.4. The number of rotatable bonds is 66. The summed E-state index contributed by atoms with van der Waals surface area (Å²) in [7, 11) is -9.89. The van der Waals surface area contributed by atoms with Crippen molar-refractivity contribution in [1.82, 2.24) is 0 Å². The molecular formula is C67H130O17P2. The maximum atomic E-state index is 13.0. The second-order valence-electron chi connectivity index (χ2n) is 25.2. The van der Waals surface area contributed by atoms with Gasteiger partial charge in [0.2, 0.25) is 0 Å². The van der Waals surface area contributed by atoms with Crippen LogP contribution in [-0.2, 0) is 65.4 Å². The van der Waals surface area contributed by atoms with Gasteiger partial charge in [0.1, 0.15) is 19.3 Å². The first-order chi connectivity index (χ1) is 41.4. The summed E-state index contributed by atoms with van der Waals surface area (Å²) in [6, 6.07) is 0. The molecule has 0 bridgehead atoms. The Morgan fingerprint density at radius 1 is 0.314 bits per heavy atom. The highest BCUT2D eigenvalue weighted by atomic mass is 31.2. The van der Waals surface area contributed by atoms with Gasteiger partial charge in [-0.1, -0.05) is 286 Å². The summed E-state index contributed by atoms with van der Waals surface area (Å²) in [4.78, 5) is 72.3. The average molecular weight is 1270 g/mol. The van der Waals surface area contributed by atoms with Crippen LogP contribution in [0.2, 0.25) is 0 Å². The number of aliphatic hydroxyl groups is 1. The SMILES string of the molecule is CCCCCCCCCCCCCC(=O)O[C@H](COC(=O)CCCCCCCCCCC)COP(=O)(O)OC[C@H](O)COP(=O)(O)OC[C@@H](COC(=O)CCCCCCCCCCCCC(C)C)OC(=O)CCCCCCCCCCCCC(C)C. The van der Waals surface area contributed by atoms with Gasteiger partial charge in [0.25, 0.3) is 0 Å². The predicted octanol–water partition coefficient (Wildman–Crippen LogP) is 18.8. The highest BCUT2D eigenvalue weighted by molar-refractivity contribution is 7.47. The monoisotopic (exact) mass is 1270 g/mol. The number of esters is 4. The molecule has 0 aromatic carbocycles. The van der Waals surface area contributed by atoms with Gasteiger partial charge in [0.05, 0.1) is 26.4 Å². The zero-order chi connectivity index (χ0) is 63.6. The van der Waals surface area contributed by atoms with Crippen LogP contribution in [0.15, 0.2) is 0 Å². The van der Waals surface area contributed by atoms with E-state index in [1.807, 2.05) is 0 Å². The van der Waals surface area contributed by atoms with Crippen LogP contribution < -0.4 is 0 Å². The van der Waals surface area contributed by atoms with E-state index in [1.54, 1.807) is 0 Å². The topological polar surface area (TPSA) is 237 Å². The number of phosphoric ester groups is 2. The Balaban J connectivity index is 5.24. The van der Waals surface area contributed by atoms with Crippen LogP contribution in [0, 0.1) is 11.8 Å². The lowest BCUT2D eigenvalue weighted by atomic mass is 10.0. The fourth-order valence-corrected chi connectivity index (χ4v) is 11.6. The third-order valence-electron chi connectivity index (χ3n) is 15.5. The van der Waals surface area contributed by atoms with Crippen LogP contribution in [0.25, 0.3) is 0 Å². The van der Waals surface area contributed by atoms with Crippen molar-refractivity contribution >= 4 is 39.5 Å². The van der Waals surface area contributed by atoms with Crippen molar-refractivity contribution in [2.75, 3.05) is 39.6 Å². The van der Waals surface area contributed by atoms with E-state index in [9.17, 15) is 43.2 Å². The molecule has 17 nitrogen and oxygen atoms in total. The first-order valence-electron chi connectivity index (χ1n) is 35.0. The Morgan fingerprint density at radius 3 is 0.791 bits per heavy atom. The zero-order valence-corrected chi connectivity index (χ0v) is 57.4. The molecule has 0 heterocycles. The number of hydrogen-bond donors (Lipinski definition) is 3. The third kappa shape index (κ3) is 60.9. The average Bonchev–Trinajstić information content (AvgIpc) is 3.67. The summed E-state index contributed by atoms with van der Waals surface area (Å²) >= 11 is 0. The lowest BCUT2D eigenvalue weighted by Crippen LogP contribution is -2.30. The summed E-state index contributed by atoms with van der Waals surface area (Å²) in [5, 5.41) is 10.6. The summed E-state index contributed by atoms with van der Waals surface area (Å²) in [5.41, 5.74) is 0. The van der Waals surface area contributed by atoms with Gasteiger partial charge in [-0.2, -0.15) is 0 Å². The molecule has 0 fully saturated rings. The number of aliphatic hydroxyl groups excluding tert-OH is 1. The molecular weight excluding hydrogens is 1140 g/mol. The van der Waals surface area contributed by atoms with E-state index in [1.165, 1.54) is 154 Å². The molecule has 510 valence electrons. The highest BCUT2D eigenvalue weighted by Crippen LogP contribution is 2.45. The molecule has 0 aliphatic carbocycles. The Kier molecular flexibility index (Phi) is 58.0. The number of hydrogen-bond acceptors (Lipinski definition) is 15. The van der Waals surface area contributed by atoms with Crippen LogP contribution in [0.5, 0.6) is 0 Å². The number of ether oxygens (including phenoxy) is 4. The number of carbonyl (C=O) groups is 4. The summed E-state index contributed by atoms with van der Waals surface area (Å²) < 4.78 is 68.1. The molecule has 0 rings (SSSR count). The Bertz CT molecular complexity index is 1680. The fraction of sp³-hybridized carbons (Fsp3) is 0.940. The number of phosphoric acid groups is 2. The lowest BCUT2D eigenvalue weighted by molar-refractivity contribution is -0.161. The predicted molar refractivity (Wildman–Crippen MR) is 345 cm³/mol. The van der Waals surface area contributed by atoms with E-state index in [2.05, 4.69) is 41.5 Å². The minimum atomic E-state index is -4.95.